The van der Waals surface area contributed by atoms with Crippen molar-refractivity contribution in [3.8, 4) is 0 Å². The predicted octanol–water partition coefficient (Wildman–Crippen LogP) is 3.69. The van der Waals surface area contributed by atoms with E-state index in [-0.39, 0.29) is 30.3 Å². The Morgan fingerprint density at radius 2 is 1.83 bits per heavy atom. The zero-order chi connectivity index (χ0) is 21.0. The van der Waals surface area contributed by atoms with Gasteiger partial charge in [-0.25, -0.2) is 8.78 Å². The third-order valence-electron chi connectivity index (χ3n) is 5.58. The molecule has 2 heterocycles. The van der Waals surface area contributed by atoms with Gasteiger partial charge >= 0.3 is 0 Å². The highest BCUT2D eigenvalue weighted by molar-refractivity contribution is 6.42. The van der Waals surface area contributed by atoms with Crippen molar-refractivity contribution in [3.63, 3.8) is 0 Å². The molecule has 3 rings (SSSR count). The van der Waals surface area contributed by atoms with E-state index in [2.05, 4.69) is 5.32 Å². The van der Waals surface area contributed by atoms with Crippen molar-refractivity contribution in [2.24, 2.45) is 5.92 Å². The second-order valence-electron chi connectivity index (χ2n) is 7.69. The molecule has 1 atom stereocenters. The van der Waals surface area contributed by atoms with Crippen molar-refractivity contribution >= 4 is 35.0 Å². The van der Waals surface area contributed by atoms with Crippen molar-refractivity contribution < 1.29 is 18.4 Å². The van der Waals surface area contributed by atoms with Crippen molar-refractivity contribution in [1.82, 2.24) is 15.1 Å². The number of amides is 2. The van der Waals surface area contributed by atoms with Crippen LogP contribution in [0.3, 0.4) is 0 Å². The fraction of sp³-hybridized carbons (Fsp3) is 0.600. The molecule has 0 spiro atoms. The Labute approximate surface area is 179 Å². The molecule has 1 aromatic carbocycles. The van der Waals surface area contributed by atoms with Gasteiger partial charge in [-0.2, -0.15) is 0 Å². The number of rotatable bonds is 5. The fourth-order valence-corrected chi connectivity index (χ4v) is 4.26. The van der Waals surface area contributed by atoms with Crippen LogP contribution in [0.25, 0.3) is 0 Å². The van der Waals surface area contributed by atoms with Crippen LogP contribution in [0.15, 0.2) is 18.2 Å². The maximum atomic E-state index is 12.8. The molecule has 29 heavy (non-hydrogen) atoms. The molecule has 9 heteroatoms. The number of alkyl halides is 2. The van der Waals surface area contributed by atoms with E-state index in [1.54, 1.807) is 28.0 Å². The van der Waals surface area contributed by atoms with Crippen LogP contribution in [0, 0.1) is 5.92 Å². The zero-order valence-corrected chi connectivity index (χ0v) is 17.6. The average molecular weight is 448 g/mol. The van der Waals surface area contributed by atoms with Crippen LogP contribution in [0.5, 0.6) is 0 Å². The molecular formula is C20H25Cl2F2N3O2. The summed E-state index contributed by atoms with van der Waals surface area (Å²) in [6.07, 6.45) is 0.468. The normalized spacial score (nSPS) is 21.4. The number of nitrogens with zero attached hydrogens (tertiary/aromatic N) is 2. The van der Waals surface area contributed by atoms with E-state index in [9.17, 15) is 18.4 Å². The molecule has 1 N–H and O–H groups in total. The quantitative estimate of drug-likeness (QED) is 0.748. The molecule has 1 unspecified atom stereocenters. The van der Waals surface area contributed by atoms with Gasteiger partial charge in [0.1, 0.15) is 0 Å². The minimum absolute atomic E-state index is 0.00225. The Morgan fingerprint density at radius 1 is 1.10 bits per heavy atom. The van der Waals surface area contributed by atoms with Gasteiger partial charge in [0.25, 0.3) is 12.3 Å². The summed E-state index contributed by atoms with van der Waals surface area (Å²) in [5, 5.41) is 3.76. The summed E-state index contributed by atoms with van der Waals surface area (Å²) in [5.74, 6) is -0.500. The molecule has 5 nitrogen and oxygen atoms in total. The zero-order valence-electron chi connectivity index (χ0n) is 16.1. The number of benzene rings is 1. The molecule has 2 saturated heterocycles. The summed E-state index contributed by atoms with van der Waals surface area (Å²) < 4.78 is 25.0. The van der Waals surface area contributed by atoms with Crippen LogP contribution in [-0.4, -0.2) is 66.8 Å². The molecule has 0 radical (unpaired) electrons. The molecule has 2 fully saturated rings. The van der Waals surface area contributed by atoms with Crippen molar-refractivity contribution in [2.75, 3.05) is 32.7 Å². The number of likely N-dealkylation sites (tertiary alicyclic amines) is 2. The van der Waals surface area contributed by atoms with Crippen LogP contribution in [0.2, 0.25) is 10.0 Å². The highest BCUT2D eigenvalue weighted by Gasteiger charge is 2.31. The van der Waals surface area contributed by atoms with Crippen LogP contribution in [0.1, 0.15) is 36.0 Å². The minimum atomic E-state index is -2.33. The van der Waals surface area contributed by atoms with Crippen molar-refractivity contribution in [1.29, 1.82) is 0 Å². The third kappa shape index (κ3) is 6.03. The number of carbonyl (C=O) groups excluding carboxylic acids is 2. The SMILES string of the molecule is O=C(NC1CCN(CC(F)F)CC1)C1CCCN(C(=O)c2ccc(Cl)c(Cl)c2)C1. The lowest BCUT2D eigenvalue weighted by Crippen LogP contribution is -2.50. The topological polar surface area (TPSA) is 52.7 Å². The Hall–Kier alpha value is -1.44. The molecule has 0 saturated carbocycles. The maximum absolute atomic E-state index is 12.8. The van der Waals surface area contributed by atoms with E-state index in [4.69, 9.17) is 23.2 Å². The van der Waals surface area contributed by atoms with Gasteiger partial charge in [0.05, 0.1) is 22.5 Å². The summed E-state index contributed by atoms with van der Waals surface area (Å²) in [4.78, 5) is 28.9. The largest absolute Gasteiger partial charge is 0.353 e. The van der Waals surface area contributed by atoms with E-state index in [0.717, 1.165) is 12.8 Å². The monoisotopic (exact) mass is 447 g/mol. The van der Waals surface area contributed by atoms with E-state index in [0.29, 0.717) is 54.6 Å². The molecule has 2 aliphatic rings. The third-order valence-corrected chi connectivity index (χ3v) is 6.32. The van der Waals surface area contributed by atoms with Crippen molar-refractivity contribution in [3.05, 3.63) is 33.8 Å². The molecule has 0 bridgehead atoms. The Morgan fingerprint density at radius 3 is 2.48 bits per heavy atom. The lowest BCUT2D eigenvalue weighted by molar-refractivity contribution is -0.127. The molecule has 0 aliphatic carbocycles. The maximum Gasteiger partial charge on any atom is 0.253 e. The highest BCUT2D eigenvalue weighted by Crippen LogP contribution is 2.25. The summed E-state index contributed by atoms with van der Waals surface area (Å²) in [6, 6.07) is 4.76. The van der Waals surface area contributed by atoms with Gasteiger partial charge in [-0.1, -0.05) is 23.2 Å². The Bertz CT molecular complexity index is 742. The number of carbonyl (C=O) groups is 2. The second-order valence-corrected chi connectivity index (χ2v) is 8.51. The smallest absolute Gasteiger partial charge is 0.253 e. The van der Waals surface area contributed by atoms with Gasteiger partial charge in [0.2, 0.25) is 5.91 Å². The first-order chi connectivity index (χ1) is 13.8. The standard InChI is InChI=1S/C20H25Cl2F2N3O2/c21-16-4-3-13(10-17(16)22)20(29)27-7-1-2-14(11-27)19(28)25-15-5-8-26(9-6-15)12-18(23)24/h3-4,10,14-15,18H,1-2,5-9,11-12H2,(H,25,28). The number of hydrogen-bond donors (Lipinski definition) is 1. The van der Waals surface area contributed by atoms with Crippen LogP contribution in [-0.2, 0) is 4.79 Å². The van der Waals surface area contributed by atoms with Gasteiger partial charge < -0.3 is 10.2 Å². The average Bonchev–Trinajstić information content (AvgIpc) is 2.70. The summed E-state index contributed by atoms with van der Waals surface area (Å²) >= 11 is 11.9. The lowest BCUT2D eigenvalue weighted by Gasteiger charge is -2.35. The summed E-state index contributed by atoms with van der Waals surface area (Å²) in [6.45, 7) is 1.85. The second kappa shape index (κ2) is 10.0. The Kier molecular flexibility index (Phi) is 7.71. The molecule has 2 aliphatic heterocycles. The molecular weight excluding hydrogens is 423 g/mol. The molecule has 2 amide bonds. The van der Waals surface area contributed by atoms with E-state index >= 15 is 0 Å². The van der Waals surface area contributed by atoms with Crippen LogP contribution >= 0.6 is 23.2 Å². The van der Waals surface area contributed by atoms with Gasteiger partial charge in [-0.15, -0.1) is 0 Å². The number of piperidine rings is 2. The minimum Gasteiger partial charge on any atom is -0.353 e. The van der Waals surface area contributed by atoms with Gasteiger partial charge in [-0.05, 0) is 43.9 Å². The highest BCUT2D eigenvalue weighted by atomic mass is 35.5. The first-order valence-electron chi connectivity index (χ1n) is 9.88. The number of halogens is 4. The first-order valence-corrected chi connectivity index (χ1v) is 10.6. The van der Waals surface area contributed by atoms with Crippen LogP contribution in [0.4, 0.5) is 8.78 Å². The number of hydrogen-bond acceptors (Lipinski definition) is 3. The molecule has 0 aromatic heterocycles. The lowest BCUT2D eigenvalue weighted by atomic mass is 9.95. The number of nitrogens with one attached hydrogen (secondary N) is 1. The Balaban J connectivity index is 1.51. The molecule has 160 valence electrons. The van der Waals surface area contributed by atoms with E-state index in [1.807, 2.05) is 0 Å². The van der Waals surface area contributed by atoms with E-state index < -0.39 is 6.43 Å². The molecule has 1 aromatic rings. The van der Waals surface area contributed by atoms with E-state index in [1.165, 1.54) is 0 Å². The van der Waals surface area contributed by atoms with Crippen molar-refractivity contribution in [2.45, 2.75) is 38.2 Å². The summed E-state index contributed by atoms with van der Waals surface area (Å²) in [5.41, 5.74) is 0.451. The predicted molar refractivity (Wildman–Crippen MR) is 109 cm³/mol. The van der Waals surface area contributed by atoms with Crippen LogP contribution < -0.4 is 5.32 Å². The van der Waals surface area contributed by atoms with Gasteiger partial charge in [-0.3, -0.25) is 14.5 Å². The fourth-order valence-electron chi connectivity index (χ4n) is 3.96. The first kappa shape index (κ1) is 22.2. The van der Waals surface area contributed by atoms with Gasteiger partial charge in [0, 0.05) is 37.8 Å². The van der Waals surface area contributed by atoms with Gasteiger partial charge in [0.15, 0.2) is 0 Å². The summed E-state index contributed by atoms with van der Waals surface area (Å²) in [7, 11) is 0.